The SMILES string of the molecule is O/N=C1/CCCCCCCCCCC1Sc1ncccn1. The number of rotatable bonds is 2. The largest absolute Gasteiger partial charge is 0.411 e. The van der Waals surface area contributed by atoms with Gasteiger partial charge in [-0.1, -0.05) is 61.9 Å². The van der Waals surface area contributed by atoms with Crippen molar-refractivity contribution < 1.29 is 5.21 Å². The van der Waals surface area contributed by atoms with Crippen LogP contribution >= 0.6 is 11.8 Å². The highest BCUT2D eigenvalue weighted by molar-refractivity contribution is 8.00. The maximum absolute atomic E-state index is 9.38. The van der Waals surface area contributed by atoms with Gasteiger partial charge < -0.3 is 5.21 Å². The summed E-state index contributed by atoms with van der Waals surface area (Å²) in [5.41, 5.74) is 0.910. The Bertz CT molecular complexity index is 425. The van der Waals surface area contributed by atoms with Crippen molar-refractivity contribution in [1.29, 1.82) is 0 Å². The van der Waals surface area contributed by atoms with Crippen LogP contribution in [-0.2, 0) is 0 Å². The Morgan fingerprint density at radius 3 is 2.24 bits per heavy atom. The van der Waals surface area contributed by atoms with E-state index in [9.17, 15) is 5.21 Å². The summed E-state index contributed by atoms with van der Waals surface area (Å²) in [6, 6.07) is 1.83. The molecule has 21 heavy (non-hydrogen) atoms. The lowest BCUT2D eigenvalue weighted by molar-refractivity contribution is 0.315. The Kier molecular flexibility index (Phi) is 7.57. The van der Waals surface area contributed by atoms with Gasteiger partial charge in [0.1, 0.15) is 0 Å². The van der Waals surface area contributed by atoms with Crippen molar-refractivity contribution in [3.63, 3.8) is 0 Å². The van der Waals surface area contributed by atoms with Crippen molar-refractivity contribution in [1.82, 2.24) is 9.97 Å². The highest BCUT2D eigenvalue weighted by atomic mass is 32.2. The summed E-state index contributed by atoms with van der Waals surface area (Å²) >= 11 is 1.63. The fourth-order valence-electron chi connectivity index (χ4n) is 2.74. The molecule has 0 radical (unpaired) electrons. The summed E-state index contributed by atoms with van der Waals surface area (Å²) in [5, 5.41) is 14.0. The quantitative estimate of drug-likeness (QED) is 0.489. The van der Waals surface area contributed by atoms with Crippen molar-refractivity contribution >= 4 is 17.5 Å². The third kappa shape index (κ3) is 6.04. The normalized spacial score (nSPS) is 24.2. The number of nitrogens with zero attached hydrogens (tertiary/aromatic N) is 3. The first-order chi connectivity index (χ1) is 10.4. The third-order valence-electron chi connectivity index (χ3n) is 3.94. The Morgan fingerprint density at radius 1 is 0.952 bits per heavy atom. The van der Waals surface area contributed by atoms with Crippen LogP contribution in [0.2, 0.25) is 0 Å². The molecule has 0 saturated heterocycles. The lowest BCUT2D eigenvalue weighted by atomic mass is 9.99. The van der Waals surface area contributed by atoms with Gasteiger partial charge in [-0.15, -0.1) is 0 Å². The predicted octanol–water partition coefficient (Wildman–Crippen LogP) is 4.68. The minimum atomic E-state index is 0.205. The Labute approximate surface area is 131 Å². The molecule has 0 aliphatic heterocycles. The van der Waals surface area contributed by atoms with Gasteiger partial charge in [-0.2, -0.15) is 0 Å². The topological polar surface area (TPSA) is 58.4 Å². The summed E-state index contributed by atoms with van der Waals surface area (Å²) in [5.74, 6) is 0. The summed E-state index contributed by atoms with van der Waals surface area (Å²) < 4.78 is 0. The van der Waals surface area contributed by atoms with Gasteiger partial charge in [0, 0.05) is 12.4 Å². The zero-order valence-electron chi connectivity index (χ0n) is 12.6. The van der Waals surface area contributed by atoms with Crippen LogP contribution in [0.4, 0.5) is 0 Å². The van der Waals surface area contributed by atoms with Gasteiger partial charge in [0.05, 0.1) is 11.0 Å². The van der Waals surface area contributed by atoms with Crippen LogP contribution < -0.4 is 0 Å². The van der Waals surface area contributed by atoms with Gasteiger partial charge in [-0.3, -0.25) is 0 Å². The van der Waals surface area contributed by atoms with Crippen LogP contribution in [0.15, 0.2) is 28.8 Å². The molecular formula is C16H25N3OS. The average molecular weight is 307 g/mol. The molecule has 1 unspecified atom stereocenters. The van der Waals surface area contributed by atoms with Gasteiger partial charge in [0.2, 0.25) is 0 Å². The monoisotopic (exact) mass is 307 g/mol. The second-order valence-electron chi connectivity index (χ2n) is 5.60. The zero-order valence-corrected chi connectivity index (χ0v) is 13.4. The number of hydrogen-bond acceptors (Lipinski definition) is 5. The molecule has 116 valence electrons. The van der Waals surface area contributed by atoms with E-state index in [4.69, 9.17) is 0 Å². The highest BCUT2D eigenvalue weighted by Gasteiger charge is 2.19. The molecule has 0 spiro atoms. The van der Waals surface area contributed by atoms with E-state index in [1.54, 1.807) is 24.2 Å². The minimum Gasteiger partial charge on any atom is -0.411 e. The third-order valence-corrected chi connectivity index (χ3v) is 5.15. The van der Waals surface area contributed by atoms with Crippen molar-refractivity contribution in [3.8, 4) is 0 Å². The molecule has 1 aromatic rings. The predicted molar refractivity (Wildman–Crippen MR) is 87.1 cm³/mol. The molecule has 1 heterocycles. The van der Waals surface area contributed by atoms with Crippen LogP contribution in [0.1, 0.15) is 64.2 Å². The van der Waals surface area contributed by atoms with Gasteiger partial charge in [-0.05, 0) is 25.3 Å². The fourth-order valence-corrected chi connectivity index (χ4v) is 3.82. The molecule has 1 atom stereocenters. The Hall–Kier alpha value is -1.10. The standard InChI is InChI=1S/C16H25N3OS/c20-19-14-10-7-5-3-1-2-4-6-8-11-15(14)21-16-17-12-9-13-18-16/h9,12-13,15,20H,1-8,10-11H2/b19-14-. The van der Waals surface area contributed by atoms with Crippen LogP contribution in [0.3, 0.4) is 0 Å². The fraction of sp³-hybridized carbons (Fsp3) is 0.688. The molecule has 0 amide bonds. The molecule has 4 nitrogen and oxygen atoms in total. The lowest BCUT2D eigenvalue weighted by Gasteiger charge is -2.18. The van der Waals surface area contributed by atoms with E-state index in [1.807, 2.05) is 6.07 Å². The van der Waals surface area contributed by atoms with Crippen LogP contribution in [0.5, 0.6) is 0 Å². The molecule has 1 aliphatic rings. The molecule has 5 heteroatoms. The van der Waals surface area contributed by atoms with E-state index in [2.05, 4.69) is 15.1 Å². The first-order valence-corrected chi connectivity index (χ1v) is 8.92. The smallest absolute Gasteiger partial charge is 0.188 e. The Balaban J connectivity index is 2.00. The molecule has 2 rings (SSSR count). The molecular weight excluding hydrogens is 282 g/mol. The average Bonchev–Trinajstić information content (AvgIpc) is 2.51. The lowest BCUT2D eigenvalue weighted by Crippen LogP contribution is -2.18. The number of thioether (sulfide) groups is 1. The highest BCUT2D eigenvalue weighted by Crippen LogP contribution is 2.27. The van der Waals surface area contributed by atoms with Gasteiger partial charge >= 0.3 is 0 Å². The maximum Gasteiger partial charge on any atom is 0.188 e. The second kappa shape index (κ2) is 9.77. The van der Waals surface area contributed by atoms with Crippen molar-refractivity contribution in [2.24, 2.45) is 5.16 Å². The van der Waals surface area contributed by atoms with E-state index >= 15 is 0 Å². The Morgan fingerprint density at radius 2 is 1.57 bits per heavy atom. The first kappa shape index (κ1) is 16.3. The summed E-state index contributed by atoms with van der Waals surface area (Å²) in [6.45, 7) is 0. The van der Waals surface area contributed by atoms with Gasteiger partial charge in [0.25, 0.3) is 0 Å². The second-order valence-corrected chi connectivity index (χ2v) is 6.77. The molecule has 1 fully saturated rings. The minimum absolute atomic E-state index is 0.205. The summed E-state index contributed by atoms with van der Waals surface area (Å²) in [4.78, 5) is 8.57. The molecule has 0 aromatic carbocycles. The van der Waals surface area contributed by atoms with E-state index in [1.165, 1.54) is 44.9 Å². The summed E-state index contributed by atoms with van der Waals surface area (Å²) in [7, 11) is 0. The molecule has 1 N–H and O–H groups in total. The van der Waals surface area contributed by atoms with Crippen molar-refractivity contribution in [2.45, 2.75) is 74.6 Å². The van der Waals surface area contributed by atoms with Crippen LogP contribution in [0.25, 0.3) is 0 Å². The first-order valence-electron chi connectivity index (χ1n) is 8.04. The zero-order chi connectivity index (χ0) is 14.8. The number of aromatic nitrogens is 2. The molecule has 0 bridgehead atoms. The van der Waals surface area contributed by atoms with E-state index < -0.39 is 0 Å². The van der Waals surface area contributed by atoms with Crippen LogP contribution in [0, 0.1) is 0 Å². The molecule has 1 aromatic heterocycles. The number of hydrogen-bond donors (Lipinski definition) is 1. The van der Waals surface area contributed by atoms with E-state index in [0.29, 0.717) is 0 Å². The number of oxime groups is 1. The van der Waals surface area contributed by atoms with E-state index in [0.717, 1.165) is 30.1 Å². The van der Waals surface area contributed by atoms with Crippen molar-refractivity contribution in [3.05, 3.63) is 18.5 Å². The van der Waals surface area contributed by atoms with Gasteiger partial charge in [-0.25, -0.2) is 9.97 Å². The molecule has 1 aliphatic carbocycles. The summed E-state index contributed by atoms with van der Waals surface area (Å²) in [6.07, 6.45) is 15.6. The van der Waals surface area contributed by atoms with Crippen LogP contribution in [-0.4, -0.2) is 26.1 Å². The van der Waals surface area contributed by atoms with Gasteiger partial charge in [0.15, 0.2) is 5.16 Å². The maximum atomic E-state index is 9.38. The van der Waals surface area contributed by atoms with E-state index in [-0.39, 0.29) is 5.25 Å². The molecule has 1 saturated carbocycles. The van der Waals surface area contributed by atoms with Crippen molar-refractivity contribution in [2.75, 3.05) is 0 Å².